The van der Waals surface area contributed by atoms with Gasteiger partial charge in [-0.2, -0.15) is 5.10 Å². The van der Waals surface area contributed by atoms with Crippen molar-refractivity contribution in [3.05, 3.63) is 42.5 Å². The maximum Gasteiger partial charge on any atom is 0.222 e. The van der Waals surface area contributed by atoms with Crippen LogP contribution < -0.4 is 10.1 Å². The van der Waals surface area contributed by atoms with Crippen molar-refractivity contribution in [2.75, 3.05) is 13.1 Å². The maximum atomic E-state index is 12.6. The van der Waals surface area contributed by atoms with Gasteiger partial charge >= 0.3 is 0 Å². The fourth-order valence-corrected chi connectivity index (χ4v) is 4.30. The molecule has 29 heavy (non-hydrogen) atoms. The van der Waals surface area contributed by atoms with Crippen LogP contribution in [0.4, 0.5) is 0 Å². The smallest absolute Gasteiger partial charge is 0.222 e. The van der Waals surface area contributed by atoms with E-state index in [9.17, 15) is 9.59 Å². The molecule has 8 heteroatoms. The van der Waals surface area contributed by atoms with Crippen molar-refractivity contribution in [2.24, 2.45) is 0 Å². The molecule has 2 aliphatic rings. The Morgan fingerprint density at radius 3 is 3.00 bits per heavy atom. The number of likely N-dealkylation sites (tertiary alicyclic amines) is 1. The van der Waals surface area contributed by atoms with Crippen molar-refractivity contribution >= 4 is 11.8 Å². The van der Waals surface area contributed by atoms with Crippen LogP contribution in [0.25, 0.3) is 0 Å². The molecule has 2 aliphatic heterocycles. The lowest BCUT2D eigenvalue weighted by molar-refractivity contribution is -0.130. The normalized spacial score (nSPS) is 24.0. The summed E-state index contributed by atoms with van der Waals surface area (Å²) in [5, 5.41) is 7.23. The van der Waals surface area contributed by atoms with E-state index in [1.165, 1.54) is 6.33 Å². The van der Waals surface area contributed by atoms with E-state index in [4.69, 9.17) is 4.74 Å². The van der Waals surface area contributed by atoms with Crippen LogP contribution in [0.15, 0.2) is 36.9 Å². The summed E-state index contributed by atoms with van der Waals surface area (Å²) in [7, 11) is 0. The number of ether oxygens (including phenoxy) is 1. The van der Waals surface area contributed by atoms with Crippen molar-refractivity contribution < 1.29 is 14.3 Å². The first kappa shape index (κ1) is 19.4. The van der Waals surface area contributed by atoms with Crippen molar-refractivity contribution in [2.45, 2.75) is 57.2 Å². The quantitative estimate of drug-likeness (QED) is 0.834. The van der Waals surface area contributed by atoms with Crippen LogP contribution >= 0.6 is 0 Å². The highest BCUT2D eigenvalue weighted by atomic mass is 16.5. The Labute approximate surface area is 170 Å². The van der Waals surface area contributed by atoms with Crippen molar-refractivity contribution in [1.29, 1.82) is 0 Å². The second-order valence-corrected chi connectivity index (χ2v) is 7.78. The highest BCUT2D eigenvalue weighted by Gasteiger charge is 2.43. The Hall–Kier alpha value is -2.90. The van der Waals surface area contributed by atoms with Crippen LogP contribution in [0.5, 0.6) is 5.75 Å². The van der Waals surface area contributed by atoms with E-state index in [1.54, 1.807) is 11.0 Å². The number of aryl methyl sites for hydroxylation is 1. The van der Waals surface area contributed by atoms with Gasteiger partial charge in [0.25, 0.3) is 0 Å². The topological polar surface area (TPSA) is 89.4 Å². The van der Waals surface area contributed by atoms with Crippen LogP contribution in [-0.2, 0) is 16.1 Å². The molecule has 2 amide bonds. The van der Waals surface area contributed by atoms with Crippen LogP contribution in [0.3, 0.4) is 0 Å². The van der Waals surface area contributed by atoms with E-state index < -0.39 is 5.60 Å². The van der Waals surface area contributed by atoms with Gasteiger partial charge in [-0.1, -0.05) is 18.2 Å². The van der Waals surface area contributed by atoms with E-state index in [-0.39, 0.29) is 17.9 Å². The predicted molar refractivity (Wildman–Crippen MR) is 106 cm³/mol. The van der Waals surface area contributed by atoms with E-state index in [0.717, 1.165) is 17.7 Å². The second kappa shape index (κ2) is 8.23. The number of aromatic nitrogens is 3. The average molecular weight is 397 g/mol. The van der Waals surface area contributed by atoms with E-state index in [0.29, 0.717) is 45.3 Å². The minimum Gasteiger partial charge on any atom is -0.487 e. The Kier molecular flexibility index (Phi) is 5.51. The van der Waals surface area contributed by atoms with Crippen molar-refractivity contribution in [3.63, 3.8) is 0 Å². The molecule has 0 aliphatic carbocycles. The maximum absolute atomic E-state index is 12.6. The first-order valence-corrected chi connectivity index (χ1v) is 10.3. The molecule has 2 aromatic rings. The molecule has 1 saturated heterocycles. The van der Waals surface area contributed by atoms with Gasteiger partial charge in [0.15, 0.2) is 0 Å². The van der Waals surface area contributed by atoms with Crippen LogP contribution in [0.1, 0.15) is 50.6 Å². The number of fused-ring (bicyclic) bond motifs is 1. The molecule has 0 unspecified atom stereocenters. The Morgan fingerprint density at radius 2 is 2.21 bits per heavy atom. The van der Waals surface area contributed by atoms with Crippen LogP contribution in [-0.4, -0.2) is 50.2 Å². The van der Waals surface area contributed by atoms with Gasteiger partial charge in [-0.05, 0) is 19.4 Å². The highest BCUT2D eigenvalue weighted by molar-refractivity contribution is 5.77. The zero-order chi connectivity index (χ0) is 20.3. The molecule has 1 aromatic carbocycles. The molecule has 8 nitrogen and oxygen atoms in total. The van der Waals surface area contributed by atoms with E-state index in [1.807, 2.05) is 36.1 Å². The third kappa shape index (κ3) is 4.26. The summed E-state index contributed by atoms with van der Waals surface area (Å²) in [4.78, 5) is 30.8. The average Bonchev–Trinajstić information content (AvgIpc) is 3.20. The molecule has 1 fully saturated rings. The number of benzene rings is 1. The third-order valence-corrected chi connectivity index (χ3v) is 5.93. The molecule has 0 bridgehead atoms. The second-order valence-electron chi connectivity index (χ2n) is 7.78. The van der Waals surface area contributed by atoms with Gasteiger partial charge in [-0.15, -0.1) is 0 Å². The zero-order valence-corrected chi connectivity index (χ0v) is 16.7. The number of amides is 2. The lowest BCUT2D eigenvalue weighted by Crippen LogP contribution is -2.46. The monoisotopic (exact) mass is 397 g/mol. The van der Waals surface area contributed by atoms with Crippen molar-refractivity contribution in [1.82, 2.24) is 25.0 Å². The van der Waals surface area contributed by atoms with Crippen molar-refractivity contribution in [3.8, 4) is 5.75 Å². The number of rotatable bonds is 5. The molecular weight excluding hydrogens is 370 g/mol. The number of hydrogen-bond acceptors (Lipinski definition) is 5. The summed E-state index contributed by atoms with van der Waals surface area (Å²) in [5.74, 6) is 0.954. The Balaban J connectivity index is 1.50. The first-order chi connectivity index (χ1) is 14.1. The lowest BCUT2D eigenvalue weighted by atomic mass is 9.82. The summed E-state index contributed by atoms with van der Waals surface area (Å²) in [6.45, 7) is 3.89. The number of nitrogens with one attached hydrogen (secondary N) is 1. The van der Waals surface area contributed by atoms with Gasteiger partial charge in [0.05, 0.1) is 12.6 Å². The minimum absolute atomic E-state index is 0.0303. The fourth-order valence-electron chi connectivity index (χ4n) is 4.30. The summed E-state index contributed by atoms with van der Waals surface area (Å²) in [5.41, 5.74) is 0.563. The molecule has 1 spiro atoms. The summed E-state index contributed by atoms with van der Waals surface area (Å²) in [6, 6.07) is 7.73. The predicted octanol–water partition coefficient (Wildman–Crippen LogP) is 2.08. The molecule has 0 saturated carbocycles. The SMILES string of the molecule is CCN1CC[C@@]2(CCC1=O)C[C@H](NC(=O)CCn1cncn1)c1ccccc1O2. The summed E-state index contributed by atoms with van der Waals surface area (Å²) >= 11 is 0. The summed E-state index contributed by atoms with van der Waals surface area (Å²) in [6.07, 6.45) is 5.98. The number of para-hydroxylation sites is 1. The van der Waals surface area contributed by atoms with E-state index in [2.05, 4.69) is 15.4 Å². The standard InChI is InChI=1S/C21H27N5O3/c1-2-25-12-10-21(9-7-20(25)28)13-17(16-5-3-4-6-18(16)29-21)24-19(27)8-11-26-15-22-14-23-26/h3-6,14-15,17H,2,7-13H2,1H3,(H,24,27)/t17-,21-/m0/s1. The largest absolute Gasteiger partial charge is 0.487 e. The van der Waals surface area contributed by atoms with Gasteiger partial charge in [-0.3, -0.25) is 14.3 Å². The molecule has 1 aromatic heterocycles. The fraction of sp³-hybridized carbons (Fsp3) is 0.524. The molecule has 2 atom stereocenters. The molecule has 154 valence electrons. The third-order valence-electron chi connectivity index (χ3n) is 5.93. The van der Waals surface area contributed by atoms with Crippen LogP contribution in [0.2, 0.25) is 0 Å². The molecule has 3 heterocycles. The van der Waals surface area contributed by atoms with Gasteiger partial charge in [0.2, 0.25) is 11.8 Å². The minimum atomic E-state index is -0.433. The molecule has 1 N–H and O–H groups in total. The van der Waals surface area contributed by atoms with Gasteiger partial charge in [-0.25, -0.2) is 4.98 Å². The van der Waals surface area contributed by atoms with Gasteiger partial charge in [0.1, 0.15) is 24.0 Å². The Bertz CT molecular complexity index is 869. The first-order valence-electron chi connectivity index (χ1n) is 10.3. The molecule has 4 rings (SSSR count). The zero-order valence-electron chi connectivity index (χ0n) is 16.7. The van der Waals surface area contributed by atoms with Gasteiger partial charge < -0.3 is 15.0 Å². The molecular formula is C21H27N5O3. The van der Waals surface area contributed by atoms with E-state index >= 15 is 0 Å². The number of carbonyl (C=O) groups excluding carboxylic acids is 2. The molecule has 0 radical (unpaired) electrons. The van der Waals surface area contributed by atoms with Crippen LogP contribution in [0, 0.1) is 0 Å². The summed E-state index contributed by atoms with van der Waals surface area (Å²) < 4.78 is 8.11. The number of hydrogen-bond donors (Lipinski definition) is 1. The number of nitrogens with zero attached hydrogens (tertiary/aromatic N) is 4. The Morgan fingerprint density at radius 1 is 1.34 bits per heavy atom. The van der Waals surface area contributed by atoms with Gasteiger partial charge in [0, 0.05) is 44.3 Å². The highest BCUT2D eigenvalue weighted by Crippen LogP contribution is 2.44. The number of carbonyl (C=O) groups is 2. The lowest BCUT2D eigenvalue weighted by Gasteiger charge is -2.42.